The fourth-order valence-corrected chi connectivity index (χ4v) is 3.18. The Kier molecular flexibility index (Phi) is 3.37. The molecule has 0 radical (unpaired) electrons. The molecule has 0 saturated heterocycles. The number of rotatable bonds is 4. The third kappa shape index (κ3) is 2.58. The van der Waals surface area contributed by atoms with E-state index in [-0.39, 0.29) is 5.82 Å². The molecule has 0 unspecified atom stereocenters. The Morgan fingerprint density at radius 1 is 1.33 bits per heavy atom. The molecular formula is C14H13ClFNS. The molecule has 1 aromatic carbocycles. The molecule has 94 valence electrons. The van der Waals surface area contributed by atoms with Crippen molar-refractivity contribution in [2.75, 3.05) is 0 Å². The summed E-state index contributed by atoms with van der Waals surface area (Å²) >= 11 is 7.75. The molecule has 1 aromatic heterocycles. The van der Waals surface area contributed by atoms with E-state index in [2.05, 4.69) is 5.32 Å². The van der Waals surface area contributed by atoms with Crippen molar-refractivity contribution in [3.8, 4) is 10.4 Å². The number of hydrogen-bond donors (Lipinski definition) is 1. The lowest BCUT2D eigenvalue weighted by atomic mass is 10.1. The van der Waals surface area contributed by atoms with E-state index in [1.54, 1.807) is 17.4 Å². The Bertz CT molecular complexity index is 563. The van der Waals surface area contributed by atoms with Crippen LogP contribution in [-0.4, -0.2) is 6.04 Å². The van der Waals surface area contributed by atoms with Crippen molar-refractivity contribution in [1.82, 2.24) is 5.32 Å². The first kappa shape index (κ1) is 12.2. The molecule has 3 rings (SSSR count). The summed E-state index contributed by atoms with van der Waals surface area (Å²) in [4.78, 5) is 1.02. The smallest absolute Gasteiger partial charge is 0.123 e. The molecule has 0 bridgehead atoms. The fourth-order valence-electron chi connectivity index (χ4n) is 1.96. The van der Waals surface area contributed by atoms with E-state index in [1.807, 2.05) is 17.5 Å². The molecule has 0 amide bonds. The van der Waals surface area contributed by atoms with Crippen LogP contribution >= 0.6 is 22.9 Å². The lowest BCUT2D eigenvalue weighted by Gasteiger charge is -2.10. The molecule has 1 saturated carbocycles. The summed E-state index contributed by atoms with van der Waals surface area (Å²) in [7, 11) is 0. The number of thiophene rings is 1. The Morgan fingerprint density at radius 2 is 2.17 bits per heavy atom. The molecule has 1 N–H and O–H groups in total. The molecule has 0 spiro atoms. The summed E-state index contributed by atoms with van der Waals surface area (Å²) in [5, 5.41) is 6.11. The first-order valence-corrected chi connectivity index (χ1v) is 7.25. The fraction of sp³-hybridized carbons (Fsp3) is 0.286. The summed E-state index contributed by atoms with van der Waals surface area (Å²) in [6.45, 7) is 0.700. The lowest BCUT2D eigenvalue weighted by molar-refractivity contribution is 0.620. The maximum absolute atomic E-state index is 13.4. The molecule has 4 heteroatoms. The summed E-state index contributed by atoms with van der Waals surface area (Å²) in [6.07, 6.45) is 2.45. The first-order valence-electron chi connectivity index (χ1n) is 5.99. The average molecular weight is 282 g/mol. The maximum Gasteiger partial charge on any atom is 0.123 e. The molecule has 1 heterocycles. The molecule has 18 heavy (non-hydrogen) atoms. The van der Waals surface area contributed by atoms with Crippen molar-refractivity contribution in [3.63, 3.8) is 0 Å². The van der Waals surface area contributed by atoms with E-state index in [4.69, 9.17) is 11.6 Å². The van der Waals surface area contributed by atoms with Crippen molar-refractivity contribution < 1.29 is 4.39 Å². The van der Waals surface area contributed by atoms with Gasteiger partial charge in [0.05, 0.1) is 9.90 Å². The molecule has 1 aliphatic rings. The Labute approximate surface area is 115 Å². The minimum Gasteiger partial charge on any atom is -0.310 e. The van der Waals surface area contributed by atoms with Crippen molar-refractivity contribution in [3.05, 3.63) is 46.0 Å². The zero-order valence-corrected chi connectivity index (χ0v) is 11.3. The van der Waals surface area contributed by atoms with Gasteiger partial charge in [-0.2, -0.15) is 0 Å². The van der Waals surface area contributed by atoms with Crippen molar-refractivity contribution >= 4 is 22.9 Å². The molecule has 1 fully saturated rings. The third-order valence-electron chi connectivity index (χ3n) is 3.09. The van der Waals surface area contributed by atoms with Crippen LogP contribution in [0.2, 0.25) is 5.02 Å². The number of benzene rings is 1. The highest BCUT2D eigenvalue weighted by molar-refractivity contribution is 7.14. The zero-order chi connectivity index (χ0) is 12.5. The number of hydrogen-bond acceptors (Lipinski definition) is 2. The van der Waals surface area contributed by atoms with Crippen LogP contribution in [0.1, 0.15) is 18.4 Å². The van der Waals surface area contributed by atoms with Gasteiger partial charge in [-0.05, 0) is 47.5 Å². The minimum absolute atomic E-state index is 0.195. The van der Waals surface area contributed by atoms with Crippen LogP contribution in [-0.2, 0) is 6.54 Å². The second-order valence-electron chi connectivity index (χ2n) is 4.55. The van der Waals surface area contributed by atoms with Crippen molar-refractivity contribution in [1.29, 1.82) is 0 Å². The Morgan fingerprint density at radius 3 is 2.83 bits per heavy atom. The van der Waals surface area contributed by atoms with Gasteiger partial charge in [0.1, 0.15) is 5.82 Å². The average Bonchev–Trinajstić information content (AvgIpc) is 3.09. The molecular weight excluding hydrogens is 269 g/mol. The normalized spacial score (nSPS) is 15.0. The van der Waals surface area contributed by atoms with Crippen LogP contribution in [0, 0.1) is 5.82 Å². The SMILES string of the molecule is Fc1ccc(-c2sccc2Cl)c(CNC2CC2)c1. The summed E-state index contributed by atoms with van der Waals surface area (Å²) in [6, 6.07) is 7.40. The largest absolute Gasteiger partial charge is 0.310 e. The van der Waals surface area contributed by atoms with Crippen LogP contribution in [0.4, 0.5) is 4.39 Å². The highest BCUT2D eigenvalue weighted by Crippen LogP contribution is 2.35. The standard InChI is InChI=1S/C14H13ClFNS/c15-13-5-6-18-14(13)12-4-1-10(16)7-9(12)8-17-11-2-3-11/h1,4-7,11,17H,2-3,8H2. The van der Waals surface area contributed by atoms with Gasteiger partial charge in [0, 0.05) is 12.6 Å². The second-order valence-corrected chi connectivity index (χ2v) is 5.88. The van der Waals surface area contributed by atoms with Gasteiger partial charge in [0.25, 0.3) is 0 Å². The molecule has 2 aromatic rings. The predicted octanol–water partition coefficient (Wildman–Crippen LogP) is 4.46. The van der Waals surface area contributed by atoms with Crippen LogP contribution in [0.5, 0.6) is 0 Å². The summed E-state index contributed by atoms with van der Waals surface area (Å²) in [5.41, 5.74) is 2.01. The second kappa shape index (κ2) is 5.00. The maximum atomic E-state index is 13.4. The summed E-state index contributed by atoms with van der Waals surface area (Å²) < 4.78 is 13.4. The van der Waals surface area contributed by atoms with E-state index in [9.17, 15) is 4.39 Å². The van der Waals surface area contributed by atoms with E-state index in [0.717, 1.165) is 21.0 Å². The zero-order valence-electron chi connectivity index (χ0n) is 9.75. The molecule has 0 atom stereocenters. The van der Waals surface area contributed by atoms with Crippen LogP contribution in [0.15, 0.2) is 29.6 Å². The quantitative estimate of drug-likeness (QED) is 0.872. The van der Waals surface area contributed by atoms with Gasteiger partial charge in [0.15, 0.2) is 0 Å². The van der Waals surface area contributed by atoms with Crippen LogP contribution in [0.3, 0.4) is 0 Å². The van der Waals surface area contributed by atoms with E-state index in [0.29, 0.717) is 12.6 Å². The van der Waals surface area contributed by atoms with Crippen LogP contribution in [0.25, 0.3) is 10.4 Å². The monoisotopic (exact) mass is 281 g/mol. The van der Waals surface area contributed by atoms with Gasteiger partial charge in [-0.25, -0.2) is 4.39 Å². The van der Waals surface area contributed by atoms with Crippen LogP contribution < -0.4 is 5.32 Å². The first-order chi connectivity index (χ1) is 8.74. The van der Waals surface area contributed by atoms with Crippen molar-refractivity contribution in [2.45, 2.75) is 25.4 Å². The minimum atomic E-state index is -0.195. The third-order valence-corrected chi connectivity index (χ3v) is 4.46. The van der Waals surface area contributed by atoms with E-state index < -0.39 is 0 Å². The molecule has 1 aliphatic carbocycles. The van der Waals surface area contributed by atoms with Crippen molar-refractivity contribution in [2.24, 2.45) is 0 Å². The van der Waals surface area contributed by atoms with Gasteiger partial charge < -0.3 is 5.32 Å². The highest BCUT2D eigenvalue weighted by Gasteiger charge is 2.21. The van der Waals surface area contributed by atoms with Gasteiger partial charge in [-0.15, -0.1) is 11.3 Å². The van der Waals surface area contributed by atoms with E-state index >= 15 is 0 Å². The topological polar surface area (TPSA) is 12.0 Å². The van der Waals surface area contributed by atoms with E-state index in [1.165, 1.54) is 18.9 Å². The predicted molar refractivity (Wildman–Crippen MR) is 74.6 cm³/mol. The molecule has 1 nitrogen and oxygen atoms in total. The Balaban J connectivity index is 1.94. The van der Waals surface area contributed by atoms with Gasteiger partial charge in [0.2, 0.25) is 0 Å². The summed E-state index contributed by atoms with van der Waals surface area (Å²) in [5.74, 6) is -0.195. The molecule has 0 aliphatic heterocycles. The highest BCUT2D eigenvalue weighted by atomic mass is 35.5. The number of nitrogens with one attached hydrogen (secondary N) is 1. The lowest BCUT2D eigenvalue weighted by Crippen LogP contribution is -2.16. The van der Waals surface area contributed by atoms with Gasteiger partial charge in [-0.1, -0.05) is 17.7 Å². The number of halogens is 2. The van der Waals surface area contributed by atoms with Gasteiger partial charge >= 0.3 is 0 Å². The Hall–Kier alpha value is -0.900. The van der Waals surface area contributed by atoms with Gasteiger partial charge in [-0.3, -0.25) is 0 Å².